The van der Waals surface area contributed by atoms with Crippen molar-refractivity contribution >= 4 is 54.4 Å². The summed E-state index contributed by atoms with van der Waals surface area (Å²) >= 11 is 7.65. The van der Waals surface area contributed by atoms with Crippen molar-refractivity contribution in [1.82, 2.24) is 23.4 Å². The van der Waals surface area contributed by atoms with Crippen LogP contribution in [0.4, 0.5) is 13.2 Å². The Kier molecular flexibility index (Phi) is 7.71. The molecule has 0 N–H and O–H groups in total. The van der Waals surface area contributed by atoms with Crippen molar-refractivity contribution in [2.45, 2.75) is 25.1 Å². The number of hydrogen-bond acceptors (Lipinski definition) is 9. The lowest BCUT2D eigenvalue weighted by Crippen LogP contribution is -2.44. The van der Waals surface area contributed by atoms with E-state index in [2.05, 4.69) is 23.2 Å². The first-order chi connectivity index (χ1) is 19.4. The minimum Gasteiger partial charge on any atom is -0.326 e. The van der Waals surface area contributed by atoms with Gasteiger partial charge in [-0.2, -0.15) is 13.9 Å². The predicted molar refractivity (Wildman–Crippen MR) is 148 cm³/mol. The Hall–Kier alpha value is -3.31. The summed E-state index contributed by atoms with van der Waals surface area (Å²) in [6, 6.07) is 2.74. The highest BCUT2D eigenvalue weighted by atomic mass is 35.5. The fourth-order valence-corrected chi connectivity index (χ4v) is 8.62. The Morgan fingerprint density at radius 2 is 1.85 bits per heavy atom. The van der Waals surface area contributed by atoms with Gasteiger partial charge in [-0.3, -0.25) is 4.99 Å². The summed E-state index contributed by atoms with van der Waals surface area (Å²) in [5, 5.41) is 7.13. The molecule has 0 radical (unpaired) electrons. The fourth-order valence-electron chi connectivity index (χ4n) is 4.78. The molecule has 41 heavy (non-hydrogen) atoms. The van der Waals surface area contributed by atoms with Crippen LogP contribution in [0.3, 0.4) is 0 Å². The Morgan fingerprint density at radius 3 is 2.41 bits per heavy atom. The summed E-state index contributed by atoms with van der Waals surface area (Å²) < 4.78 is 93.6. The molecular formula is C24H20ClF3N6O4S3. The fraction of sp³-hybridized carbons (Fsp3) is 0.208. The van der Waals surface area contributed by atoms with Crippen molar-refractivity contribution in [1.29, 1.82) is 0 Å². The molecular weight excluding hydrogens is 625 g/mol. The third-order valence-corrected chi connectivity index (χ3v) is 11.2. The van der Waals surface area contributed by atoms with Crippen LogP contribution >= 0.6 is 22.9 Å². The van der Waals surface area contributed by atoms with Gasteiger partial charge in [-0.1, -0.05) is 34.5 Å². The first-order valence-electron chi connectivity index (χ1n) is 11.7. The van der Waals surface area contributed by atoms with Crippen molar-refractivity contribution in [3.05, 3.63) is 98.8 Å². The van der Waals surface area contributed by atoms with Gasteiger partial charge in [0.2, 0.25) is 20.0 Å². The smallest absolute Gasteiger partial charge is 0.326 e. The molecule has 0 aliphatic carbocycles. The molecule has 0 bridgehead atoms. The van der Waals surface area contributed by atoms with Crippen LogP contribution in [0.5, 0.6) is 0 Å². The molecule has 1 fully saturated rings. The van der Waals surface area contributed by atoms with Gasteiger partial charge in [-0.25, -0.2) is 30.9 Å². The molecule has 17 heteroatoms. The number of benzene rings is 1. The molecule has 2 aliphatic heterocycles. The van der Waals surface area contributed by atoms with Gasteiger partial charge < -0.3 is 4.90 Å². The summed E-state index contributed by atoms with van der Waals surface area (Å²) in [6.07, 6.45) is 2.39. The quantitative estimate of drug-likeness (QED) is 0.330. The zero-order valence-corrected chi connectivity index (χ0v) is 24.0. The van der Waals surface area contributed by atoms with E-state index in [9.17, 15) is 30.0 Å². The van der Waals surface area contributed by atoms with Gasteiger partial charge >= 0.3 is 6.55 Å². The SMILES string of the molecule is C=CS(=O)(=O)N([C@H]1CC2=C(c3ccn(C(F)F)n3)[C@H](c3ccc(F)cc3Cl)N=C(c3nccs3)N2C1)S(=O)(=O)C=C. The van der Waals surface area contributed by atoms with Crippen LogP contribution in [-0.4, -0.2) is 58.6 Å². The van der Waals surface area contributed by atoms with Gasteiger partial charge in [0.1, 0.15) is 11.9 Å². The molecule has 4 heterocycles. The first-order valence-corrected chi connectivity index (χ1v) is 16.0. The number of halogens is 4. The maximum atomic E-state index is 14.0. The Balaban J connectivity index is 1.78. The van der Waals surface area contributed by atoms with Gasteiger partial charge in [-0.05, 0) is 18.2 Å². The van der Waals surface area contributed by atoms with Crippen LogP contribution in [0, 0.1) is 5.82 Å². The maximum absolute atomic E-state index is 14.0. The Morgan fingerprint density at radius 1 is 1.15 bits per heavy atom. The second-order valence-electron chi connectivity index (χ2n) is 8.79. The second kappa shape index (κ2) is 10.8. The average Bonchev–Trinajstić information content (AvgIpc) is 3.69. The van der Waals surface area contributed by atoms with Gasteiger partial charge in [0.15, 0.2) is 10.8 Å². The Labute approximate surface area is 242 Å². The molecule has 0 unspecified atom stereocenters. The van der Waals surface area contributed by atoms with E-state index in [4.69, 9.17) is 16.6 Å². The van der Waals surface area contributed by atoms with E-state index in [1.165, 1.54) is 35.7 Å². The number of sulfonamides is 2. The number of amidine groups is 1. The molecule has 10 nitrogen and oxygen atoms in total. The summed E-state index contributed by atoms with van der Waals surface area (Å²) in [6.45, 7) is 3.35. The number of hydrogen-bond donors (Lipinski definition) is 0. The highest BCUT2D eigenvalue weighted by Gasteiger charge is 2.47. The number of aromatic nitrogens is 3. The normalized spacial score (nSPS) is 19.6. The van der Waals surface area contributed by atoms with E-state index >= 15 is 0 Å². The van der Waals surface area contributed by atoms with E-state index < -0.39 is 44.5 Å². The molecule has 2 aromatic heterocycles. The molecule has 0 amide bonds. The third kappa shape index (κ3) is 5.25. The van der Waals surface area contributed by atoms with E-state index in [0.29, 0.717) is 35.5 Å². The molecule has 216 valence electrons. The van der Waals surface area contributed by atoms with Crippen molar-refractivity contribution < 1.29 is 30.0 Å². The average molecular weight is 645 g/mol. The van der Waals surface area contributed by atoms with Gasteiger partial charge in [-0.15, -0.1) is 11.3 Å². The highest BCUT2D eigenvalue weighted by molar-refractivity contribution is 8.06. The number of rotatable bonds is 9. The molecule has 2 aliphatic rings. The highest BCUT2D eigenvalue weighted by Crippen LogP contribution is 2.47. The summed E-state index contributed by atoms with van der Waals surface area (Å²) in [4.78, 5) is 10.7. The van der Waals surface area contributed by atoms with Crippen LogP contribution in [0.1, 0.15) is 35.3 Å². The molecule has 3 aromatic rings. The Bertz CT molecular complexity index is 1770. The van der Waals surface area contributed by atoms with Crippen molar-refractivity contribution in [3.63, 3.8) is 0 Å². The summed E-state index contributed by atoms with van der Waals surface area (Å²) in [5.74, 6) is -0.357. The number of thiazole rings is 1. The van der Waals surface area contributed by atoms with E-state index in [1.807, 2.05) is 0 Å². The monoisotopic (exact) mass is 644 g/mol. The van der Waals surface area contributed by atoms with Gasteiger partial charge in [0, 0.05) is 63.4 Å². The molecule has 1 saturated heterocycles. The number of nitrogens with zero attached hydrogens (tertiary/aromatic N) is 6. The largest absolute Gasteiger partial charge is 0.333 e. The molecule has 1 aromatic carbocycles. The third-order valence-electron chi connectivity index (χ3n) is 6.43. The van der Waals surface area contributed by atoms with Crippen molar-refractivity contribution in [2.24, 2.45) is 4.99 Å². The second-order valence-corrected chi connectivity index (χ2v) is 13.8. The summed E-state index contributed by atoms with van der Waals surface area (Å²) in [7, 11) is -9.08. The van der Waals surface area contributed by atoms with Crippen LogP contribution in [0.25, 0.3) is 5.57 Å². The predicted octanol–water partition coefficient (Wildman–Crippen LogP) is 4.76. The first kappa shape index (κ1) is 29.2. The zero-order valence-electron chi connectivity index (χ0n) is 20.8. The number of aliphatic imine (C=N–C) groups is 1. The number of fused-ring (bicyclic) bond motifs is 1. The minimum absolute atomic E-state index is 0.00303. The van der Waals surface area contributed by atoms with E-state index in [-0.39, 0.29) is 35.1 Å². The van der Waals surface area contributed by atoms with E-state index in [0.717, 1.165) is 12.3 Å². The topological polar surface area (TPSA) is 118 Å². The van der Waals surface area contributed by atoms with Crippen LogP contribution in [0.2, 0.25) is 5.02 Å². The molecule has 2 atom stereocenters. The lowest BCUT2D eigenvalue weighted by molar-refractivity contribution is 0.0564. The standard InChI is InChI=1S/C24H20ClF3N6O4S3/c1-3-40(35,36)34(41(37,38)4-2)15-12-19-20(18-7-9-33(31-18)24(27)28)21(16-6-5-14(26)11-17(16)25)30-22(32(19)13-15)23-29-8-10-39-23/h3-11,15,21,24H,1-2,12-13H2/t15-,21-/m0/s1. The molecule has 5 rings (SSSR count). The van der Waals surface area contributed by atoms with Crippen LogP contribution in [-0.2, 0) is 20.0 Å². The lowest BCUT2D eigenvalue weighted by atomic mass is 9.92. The van der Waals surface area contributed by atoms with Crippen LogP contribution < -0.4 is 0 Å². The van der Waals surface area contributed by atoms with Crippen LogP contribution in [0.15, 0.2) is 76.7 Å². The van der Waals surface area contributed by atoms with Gasteiger partial charge in [0.05, 0.1) is 11.7 Å². The minimum atomic E-state index is -4.54. The maximum Gasteiger partial charge on any atom is 0.333 e. The zero-order chi connectivity index (χ0) is 29.7. The number of alkyl halides is 2. The van der Waals surface area contributed by atoms with E-state index in [1.54, 1.807) is 10.3 Å². The van der Waals surface area contributed by atoms with Crippen molar-refractivity contribution in [2.75, 3.05) is 6.54 Å². The van der Waals surface area contributed by atoms with Gasteiger partial charge in [0.25, 0.3) is 0 Å². The lowest BCUT2D eigenvalue weighted by Gasteiger charge is -2.32. The van der Waals surface area contributed by atoms with Crippen molar-refractivity contribution in [3.8, 4) is 0 Å². The molecule has 0 spiro atoms. The summed E-state index contributed by atoms with van der Waals surface area (Å²) in [5.41, 5.74) is 0.980. The molecule has 0 saturated carbocycles.